The molecule has 10 heavy (non-hydrogen) atoms. The van der Waals surface area contributed by atoms with Crippen molar-refractivity contribution >= 4 is 20.7 Å². The molecule has 0 aromatic rings. The molecule has 4 heteroatoms. The van der Waals surface area contributed by atoms with Crippen molar-refractivity contribution < 1.29 is 0 Å². The zero-order valence-electron chi connectivity index (χ0n) is 5.33. The Bertz CT molecular complexity index is 370. The highest BCUT2D eigenvalue weighted by molar-refractivity contribution is 7.70. The molecule has 0 aromatic heterocycles. The molecule has 0 atom stereocenters. The van der Waals surface area contributed by atoms with E-state index in [2.05, 4.69) is 0 Å². The minimum absolute atomic E-state index is 0.0917. The standard InChI is InChI=1S/C6H5NOS2/c1-7-4-3-9-10-5(4)2-6(7)8/h2-3H,1H3. The van der Waals surface area contributed by atoms with Gasteiger partial charge in [0.2, 0.25) is 0 Å². The predicted octanol–water partition coefficient (Wildman–Crippen LogP) is 1.61. The largest absolute Gasteiger partial charge is 0.310 e. The van der Waals surface area contributed by atoms with Gasteiger partial charge >= 0.3 is 0 Å². The fraction of sp³-hybridized carbons (Fsp3) is 0.167. The molecule has 2 aliphatic heterocycles. The third-order valence-corrected chi connectivity index (χ3v) is 3.53. The Hall–Kier alpha value is -0.610. The summed E-state index contributed by atoms with van der Waals surface area (Å²) in [6.07, 6.45) is 0. The Balaban J connectivity index is 2.93. The van der Waals surface area contributed by atoms with E-state index >= 15 is 0 Å². The fourth-order valence-electron chi connectivity index (χ4n) is 0.892. The molecular formula is C6H5NOS2. The van der Waals surface area contributed by atoms with Crippen LogP contribution in [0.3, 0.4) is 0 Å². The SMILES string of the molecule is Cn1c2cssc-2cc1=O. The van der Waals surface area contributed by atoms with Crippen LogP contribution in [0.15, 0.2) is 16.2 Å². The van der Waals surface area contributed by atoms with Crippen molar-refractivity contribution in [1.82, 2.24) is 4.57 Å². The van der Waals surface area contributed by atoms with Crippen molar-refractivity contribution in [2.45, 2.75) is 0 Å². The van der Waals surface area contributed by atoms with Gasteiger partial charge in [-0.1, -0.05) is 20.7 Å². The zero-order chi connectivity index (χ0) is 7.14. The van der Waals surface area contributed by atoms with E-state index in [1.165, 1.54) is 0 Å². The van der Waals surface area contributed by atoms with Crippen LogP contribution in [-0.2, 0) is 7.05 Å². The maximum atomic E-state index is 11.0. The Morgan fingerprint density at radius 2 is 2.40 bits per heavy atom. The number of fused-ring (bicyclic) bond motifs is 1. The van der Waals surface area contributed by atoms with Gasteiger partial charge < -0.3 is 4.57 Å². The van der Waals surface area contributed by atoms with Gasteiger partial charge in [-0.2, -0.15) is 0 Å². The molecule has 2 aliphatic rings. The monoisotopic (exact) mass is 171 g/mol. The van der Waals surface area contributed by atoms with E-state index < -0.39 is 0 Å². The number of aromatic nitrogens is 1. The van der Waals surface area contributed by atoms with E-state index in [-0.39, 0.29) is 5.56 Å². The summed E-state index contributed by atoms with van der Waals surface area (Å²) in [5.74, 6) is 0. The van der Waals surface area contributed by atoms with Gasteiger partial charge in [0.15, 0.2) is 0 Å². The summed E-state index contributed by atoms with van der Waals surface area (Å²) in [6.45, 7) is 0. The van der Waals surface area contributed by atoms with Crippen molar-refractivity contribution in [1.29, 1.82) is 0 Å². The maximum Gasteiger partial charge on any atom is 0.252 e. The quantitative estimate of drug-likeness (QED) is 0.552. The Morgan fingerprint density at radius 1 is 1.60 bits per heavy atom. The van der Waals surface area contributed by atoms with Crippen LogP contribution in [-0.4, -0.2) is 4.57 Å². The van der Waals surface area contributed by atoms with Crippen LogP contribution in [0.4, 0.5) is 0 Å². The van der Waals surface area contributed by atoms with Crippen molar-refractivity contribution in [3.63, 3.8) is 0 Å². The molecule has 0 amide bonds. The fourth-order valence-corrected chi connectivity index (χ4v) is 3.05. The van der Waals surface area contributed by atoms with Gasteiger partial charge in [-0.15, -0.1) is 0 Å². The van der Waals surface area contributed by atoms with Gasteiger partial charge in [0.1, 0.15) is 0 Å². The molecule has 0 fully saturated rings. The van der Waals surface area contributed by atoms with Crippen LogP contribution in [0.1, 0.15) is 0 Å². The molecule has 2 heterocycles. The maximum absolute atomic E-state index is 11.0. The highest BCUT2D eigenvalue weighted by atomic mass is 32.9. The first-order chi connectivity index (χ1) is 4.79. The van der Waals surface area contributed by atoms with Gasteiger partial charge in [0, 0.05) is 18.5 Å². The number of hydrogen-bond donors (Lipinski definition) is 0. The first kappa shape index (κ1) is 6.12. The summed E-state index contributed by atoms with van der Waals surface area (Å²) in [6, 6.07) is 1.68. The van der Waals surface area contributed by atoms with E-state index in [4.69, 9.17) is 0 Å². The first-order valence-corrected chi connectivity index (χ1v) is 5.03. The highest BCUT2D eigenvalue weighted by Crippen LogP contribution is 2.29. The molecule has 0 saturated heterocycles. The summed E-state index contributed by atoms with van der Waals surface area (Å²) < 4.78 is 1.67. The Labute approximate surface area is 65.1 Å². The molecule has 0 spiro atoms. The summed E-state index contributed by atoms with van der Waals surface area (Å²) in [5.41, 5.74) is 1.15. The Kier molecular flexibility index (Phi) is 1.18. The molecular weight excluding hydrogens is 166 g/mol. The molecule has 2 nitrogen and oxygen atoms in total. The van der Waals surface area contributed by atoms with Crippen LogP contribution in [0.5, 0.6) is 0 Å². The lowest BCUT2D eigenvalue weighted by Crippen LogP contribution is -2.08. The van der Waals surface area contributed by atoms with Gasteiger partial charge in [0.25, 0.3) is 5.56 Å². The third kappa shape index (κ3) is 0.660. The lowest BCUT2D eigenvalue weighted by molar-refractivity contribution is 0.900. The van der Waals surface area contributed by atoms with Crippen LogP contribution in [0.2, 0.25) is 0 Å². The van der Waals surface area contributed by atoms with E-state index in [1.807, 2.05) is 5.38 Å². The average molecular weight is 171 g/mol. The third-order valence-electron chi connectivity index (χ3n) is 1.50. The van der Waals surface area contributed by atoms with E-state index in [9.17, 15) is 4.79 Å². The second-order valence-corrected chi connectivity index (χ2v) is 4.20. The molecule has 0 bridgehead atoms. The van der Waals surface area contributed by atoms with Crippen LogP contribution < -0.4 is 5.56 Å². The second kappa shape index (κ2) is 1.93. The molecule has 52 valence electrons. The molecule has 0 radical (unpaired) electrons. The van der Waals surface area contributed by atoms with Crippen LogP contribution in [0.25, 0.3) is 10.6 Å². The average Bonchev–Trinajstić information content (AvgIpc) is 2.41. The molecule has 0 aromatic carbocycles. The van der Waals surface area contributed by atoms with E-state index in [0.29, 0.717) is 0 Å². The summed E-state index contributed by atoms with van der Waals surface area (Å²) in [5, 5.41) is 2.00. The van der Waals surface area contributed by atoms with E-state index in [0.717, 1.165) is 10.6 Å². The van der Waals surface area contributed by atoms with Crippen LogP contribution in [0, 0.1) is 0 Å². The van der Waals surface area contributed by atoms with Gasteiger partial charge in [-0.05, 0) is 0 Å². The highest BCUT2D eigenvalue weighted by Gasteiger charge is 2.09. The number of nitrogens with zero attached hydrogens (tertiary/aromatic N) is 1. The molecule has 2 rings (SSSR count). The van der Waals surface area contributed by atoms with Gasteiger partial charge in [-0.25, -0.2) is 0 Å². The summed E-state index contributed by atoms with van der Waals surface area (Å²) in [4.78, 5) is 12.1. The normalized spacial score (nSPS) is 10.9. The Morgan fingerprint density at radius 3 is 3.10 bits per heavy atom. The molecule has 0 saturated carbocycles. The summed E-state index contributed by atoms with van der Waals surface area (Å²) in [7, 11) is 5.10. The number of hydrogen-bond acceptors (Lipinski definition) is 3. The van der Waals surface area contributed by atoms with E-state index in [1.54, 1.807) is 38.4 Å². The van der Waals surface area contributed by atoms with Crippen LogP contribution >= 0.6 is 20.7 Å². The molecule has 0 N–H and O–H groups in total. The predicted molar refractivity (Wildman–Crippen MR) is 44.1 cm³/mol. The first-order valence-electron chi connectivity index (χ1n) is 2.82. The van der Waals surface area contributed by atoms with Gasteiger partial charge in [0.05, 0.1) is 10.6 Å². The lowest BCUT2D eigenvalue weighted by atomic mass is 10.4. The van der Waals surface area contributed by atoms with Crippen molar-refractivity contribution in [3.05, 3.63) is 21.8 Å². The zero-order valence-corrected chi connectivity index (χ0v) is 6.96. The topological polar surface area (TPSA) is 22.0 Å². The minimum atomic E-state index is 0.0917. The molecule has 0 unspecified atom stereocenters. The van der Waals surface area contributed by atoms with Crippen molar-refractivity contribution in [3.8, 4) is 10.6 Å². The smallest absolute Gasteiger partial charge is 0.252 e. The van der Waals surface area contributed by atoms with Crippen molar-refractivity contribution in [2.75, 3.05) is 0 Å². The molecule has 0 aliphatic carbocycles. The number of rotatable bonds is 0. The van der Waals surface area contributed by atoms with Crippen molar-refractivity contribution in [2.24, 2.45) is 7.05 Å². The lowest BCUT2D eigenvalue weighted by Gasteiger charge is -1.89. The second-order valence-electron chi connectivity index (χ2n) is 2.09. The van der Waals surface area contributed by atoms with Gasteiger partial charge in [-0.3, -0.25) is 4.79 Å². The summed E-state index contributed by atoms with van der Waals surface area (Å²) >= 11 is 0. The minimum Gasteiger partial charge on any atom is -0.310 e.